The first-order valence-electron chi connectivity index (χ1n) is 9.30. The molecule has 144 valence electrons. The molecule has 2 rings (SSSR count). The van der Waals surface area contributed by atoms with Crippen LogP contribution < -0.4 is 14.8 Å². The molecule has 1 unspecified atom stereocenters. The average Bonchev–Trinajstić information content (AvgIpc) is 2.66. The summed E-state index contributed by atoms with van der Waals surface area (Å²) in [7, 11) is 1.60. The molecule has 1 atom stereocenters. The number of methoxy groups -OCH3 is 1. The van der Waals surface area contributed by atoms with Crippen LogP contribution >= 0.6 is 0 Å². The Morgan fingerprint density at radius 1 is 1.19 bits per heavy atom. The van der Waals surface area contributed by atoms with Gasteiger partial charge in [-0.15, -0.1) is 0 Å². The first-order valence-corrected chi connectivity index (χ1v) is 9.30. The lowest BCUT2D eigenvalue weighted by Crippen LogP contribution is -2.35. The van der Waals surface area contributed by atoms with E-state index in [1.165, 1.54) is 0 Å². The Labute approximate surface area is 154 Å². The highest BCUT2D eigenvalue weighted by molar-refractivity contribution is 5.79. The number of hydrogen-bond donors (Lipinski definition) is 2. The van der Waals surface area contributed by atoms with Crippen LogP contribution in [-0.2, 0) is 9.59 Å². The first-order chi connectivity index (χ1) is 12.5. The third kappa shape index (κ3) is 5.13. The summed E-state index contributed by atoms with van der Waals surface area (Å²) in [4.78, 5) is 23.5. The minimum atomic E-state index is -0.755. The smallest absolute Gasteiger partial charge is 0.306 e. The maximum atomic E-state index is 12.5. The fourth-order valence-electron chi connectivity index (χ4n) is 3.30. The zero-order valence-electron chi connectivity index (χ0n) is 15.8. The second-order valence-corrected chi connectivity index (χ2v) is 6.88. The summed E-state index contributed by atoms with van der Waals surface area (Å²) < 4.78 is 11.1. The summed E-state index contributed by atoms with van der Waals surface area (Å²) >= 11 is 0. The van der Waals surface area contributed by atoms with E-state index in [0.29, 0.717) is 43.8 Å². The number of carboxylic acid groups (broad SMARTS) is 1. The van der Waals surface area contributed by atoms with Crippen molar-refractivity contribution in [3.8, 4) is 11.5 Å². The Morgan fingerprint density at radius 2 is 1.85 bits per heavy atom. The number of ether oxygens (including phenoxy) is 2. The Hall–Kier alpha value is -2.24. The van der Waals surface area contributed by atoms with Gasteiger partial charge in [0.15, 0.2) is 11.5 Å². The molecule has 0 aromatic heterocycles. The van der Waals surface area contributed by atoms with Crippen molar-refractivity contribution in [3.05, 3.63) is 23.8 Å². The predicted molar refractivity (Wildman–Crippen MR) is 98.4 cm³/mol. The number of carbonyl (C=O) groups is 2. The van der Waals surface area contributed by atoms with Crippen LogP contribution in [0.5, 0.6) is 11.5 Å². The summed E-state index contributed by atoms with van der Waals surface area (Å²) in [5.74, 6) is 0.169. The number of amides is 1. The van der Waals surface area contributed by atoms with Gasteiger partial charge in [0.05, 0.1) is 25.7 Å². The number of rotatable bonds is 8. The highest BCUT2D eigenvalue weighted by Crippen LogP contribution is 2.32. The monoisotopic (exact) mass is 363 g/mol. The van der Waals surface area contributed by atoms with Crippen molar-refractivity contribution >= 4 is 11.9 Å². The van der Waals surface area contributed by atoms with Crippen molar-refractivity contribution in [2.75, 3.05) is 13.7 Å². The van der Waals surface area contributed by atoms with Gasteiger partial charge in [-0.05, 0) is 56.7 Å². The molecule has 6 nitrogen and oxygen atoms in total. The molecule has 26 heavy (non-hydrogen) atoms. The molecule has 6 heteroatoms. The molecular formula is C20H29NO5. The van der Waals surface area contributed by atoms with Gasteiger partial charge < -0.3 is 19.9 Å². The van der Waals surface area contributed by atoms with Gasteiger partial charge in [-0.3, -0.25) is 9.59 Å². The fraction of sp³-hybridized carbons (Fsp3) is 0.600. The topological polar surface area (TPSA) is 84.9 Å². The molecule has 1 saturated carbocycles. The van der Waals surface area contributed by atoms with E-state index in [1.54, 1.807) is 7.11 Å². The lowest BCUT2D eigenvalue weighted by atomic mass is 9.81. The summed E-state index contributed by atoms with van der Waals surface area (Å²) in [5.41, 5.74) is 0.943. The lowest BCUT2D eigenvalue weighted by Gasteiger charge is -2.26. The van der Waals surface area contributed by atoms with E-state index >= 15 is 0 Å². The summed E-state index contributed by atoms with van der Waals surface area (Å²) in [5, 5.41) is 12.1. The van der Waals surface area contributed by atoms with E-state index in [-0.39, 0.29) is 23.8 Å². The largest absolute Gasteiger partial charge is 0.493 e. The SMILES string of the molecule is CCCOc1ccc(C(C)NC(=O)C2CCC(C(=O)O)CC2)cc1OC. The van der Waals surface area contributed by atoms with Crippen molar-refractivity contribution in [1.29, 1.82) is 0 Å². The predicted octanol–water partition coefficient (Wildman–Crippen LogP) is 3.55. The molecule has 0 heterocycles. The van der Waals surface area contributed by atoms with Gasteiger partial charge in [0.2, 0.25) is 5.91 Å². The fourth-order valence-corrected chi connectivity index (χ4v) is 3.30. The molecule has 1 aliphatic rings. The molecule has 1 aromatic rings. The van der Waals surface area contributed by atoms with Crippen LogP contribution in [0.4, 0.5) is 0 Å². The minimum absolute atomic E-state index is 0.00776. The molecule has 0 bridgehead atoms. The van der Waals surface area contributed by atoms with Crippen LogP contribution in [0.25, 0.3) is 0 Å². The quantitative estimate of drug-likeness (QED) is 0.738. The van der Waals surface area contributed by atoms with Gasteiger partial charge in [-0.1, -0.05) is 13.0 Å². The number of nitrogens with one attached hydrogen (secondary N) is 1. The molecule has 0 spiro atoms. The molecule has 1 aromatic carbocycles. The van der Waals surface area contributed by atoms with Crippen molar-refractivity contribution in [2.24, 2.45) is 11.8 Å². The lowest BCUT2D eigenvalue weighted by molar-refractivity contribution is -0.144. The molecule has 0 aliphatic heterocycles. The number of hydrogen-bond acceptors (Lipinski definition) is 4. The second-order valence-electron chi connectivity index (χ2n) is 6.88. The van der Waals surface area contributed by atoms with Gasteiger partial charge >= 0.3 is 5.97 Å². The van der Waals surface area contributed by atoms with E-state index < -0.39 is 5.97 Å². The molecule has 0 saturated heterocycles. The minimum Gasteiger partial charge on any atom is -0.493 e. The normalized spacial score (nSPS) is 20.9. The van der Waals surface area contributed by atoms with Crippen LogP contribution in [0.15, 0.2) is 18.2 Å². The molecule has 1 amide bonds. The molecular weight excluding hydrogens is 334 g/mol. The number of carbonyl (C=O) groups excluding carboxylic acids is 1. The summed E-state index contributed by atoms with van der Waals surface area (Å²) in [6.45, 7) is 4.60. The third-order valence-electron chi connectivity index (χ3n) is 4.96. The van der Waals surface area contributed by atoms with E-state index in [0.717, 1.165) is 12.0 Å². The molecule has 2 N–H and O–H groups in total. The zero-order valence-corrected chi connectivity index (χ0v) is 15.8. The maximum absolute atomic E-state index is 12.5. The number of benzene rings is 1. The van der Waals surface area contributed by atoms with Crippen LogP contribution in [0, 0.1) is 11.8 Å². The Balaban J connectivity index is 1.95. The van der Waals surface area contributed by atoms with Crippen LogP contribution in [0.3, 0.4) is 0 Å². The highest BCUT2D eigenvalue weighted by atomic mass is 16.5. The zero-order chi connectivity index (χ0) is 19.1. The standard InChI is InChI=1S/C20H29NO5/c1-4-11-26-17-10-9-16(12-18(17)25-3)13(2)21-19(22)14-5-7-15(8-6-14)20(23)24/h9-10,12-15H,4-8,11H2,1-3H3,(H,21,22)(H,23,24). The van der Waals surface area contributed by atoms with E-state index in [4.69, 9.17) is 14.6 Å². The highest BCUT2D eigenvalue weighted by Gasteiger charge is 2.30. The van der Waals surface area contributed by atoms with Gasteiger partial charge in [0.1, 0.15) is 0 Å². The van der Waals surface area contributed by atoms with Crippen molar-refractivity contribution in [2.45, 2.75) is 52.0 Å². The van der Waals surface area contributed by atoms with Crippen LogP contribution in [0.2, 0.25) is 0 Å². The van der Waals surface area contributed by atoms with E-state index in [2.05, 4.69) is 5.32 Å². The summed E-state index contributed by atoms with van der Waals surface area (Å²) in [6, 6.07) is 5.52. The number of carboxylic acids is 1. The van der Waals surface area contributed by atoms with Gasteiger partial charge in [-0.25, -0.2) is 0 Å². The van der Waals surface area contributed by atoms with Gasteiger partial charge in [-0.2, -0.15) is 0 Å². The van der Waals surface area contributed by atoms with E-state index in [9.17, 15) is 9.59 Å². The Bertz CT molecular complexity index is 623. The van der Waals surface area contributed by atoms with Crippen molar-refractivity contribution in [1.82, 2.24) is 5.32 Å². The van der Waals surface area contributed by atoms with Gasteiger partial charge in [0.25, 0.3) is 0 Å². The summed E-state index contributed by atoms with van der Waals surface area (Å²) in [6.07, 6.45) is 3.31. The molecule has 1 aliphatic carbocycles. The van der Waals surface area contributed by atoms with Crippen molar-refractivity contribution in [3.63, 3.8) is 0 Å². The maximum Gasteiger partial charge on any atom is 0.306 e. The Kier molecular flexibility index (Phi) is 7.30. The molecule has 1 fully saturated rings. The number of aliphatic carboxylic acids is 1. The van der Waals surface area contributed by atoms with Crippen LogP contribution in [0.1, 0.15) is 57.6 Å². The second kappa shape index (κ2) is 9.46. The average molecular weight is 363 g/mol. The third-order valence-corrected chi connectivity index (χ3v) is 4.96. The first kappa shape index (κ1) is 20.1. The molecule has 0 radical (unpaired) electrons. The van der Waals surface area contributed by atoms with Crippen molar-refractivity contribution < 1.29 is 24.2 Å². The van der Waals surface area contributed by atoms with E-state index in [1.807, 2.05) is 32.0 Å². The Morgan fingerprint density at radius 3 is 2.42 bits per heavy atom. The van der Waals surface area contributed by atoms with Gasteiger partial charge in [0, 0.05) is 5.92 Å². The van der Waals surface area contributed by atoms with Crippen LogP contribution in [-0.4, -0.2) is 30.7 Å².